The van der Waals surface area contributed by atoms with Crippen LogP contribution in [0.4, 0.5) is 17.6 Å². The topological polar surface area (TPSA) is 55.1 Å². The van der Waals surface area contributed by atoms with Crippen molar-refractivity contribution in [1.29, 1.82) is 0 Å². The molecule has 0 fully saturated rings. The van der Waals surface area contributed by atoms with Gasteiger partial charge in [-0.05, 0) is 24.3 Å². The first-order chi connectivity index (χ1) is 10.3. The van der Waals surface area contributed by atoms with Gasteiger partial charge in [0, 0.05) is 18.4 Å². The summed E-state index contributed by atoms with van der Waals surface area (Å²) >= 11 is 0. The zero-order valence-corrected chi connectivity index (χ0v) is 11.3. The summed E-state index contributed by atoms with van der Waals surface area (Å²) in [7, 11) is 0. The number of oxazole rings is 1. The molecule has 0 saturated heterocycles. The van der Waals surface area contributed by atoms with E-state index in [0.717, 1.165) is 0 Å². The van der Waals surface area contributed by atoms with Gasteiger partial charge in [0.15, 0.2) is 11.7 Å². The van der Waals surface area contributed by atoms with Crippen LogP contribution in [0.1, 0.15) is 12.3 Å². The van der Waals surface area contributed by atoms with Crippen molar-refractivity contribution in [3.05, 3.63) is 42.2 Å². The molecule has 118 valence electrons. The minimum Gasteiger partial charge on any atom is -0.441 e. The normalized spacial score (nSPS) is 11.5. The summed E-state index contributed by atoms with van der Waals surface area (Å²) in [5.41, 5.74) is 0.613. The van der Waals surface area contributed by atoms with Gasteiger partial charge < -0.3 is 9.73 Å². The predicted molar refractivity (Wildman–Crippen MR) is 69.3 cm³/mol. The molecule has 0 saturated carbocycles. The number of hydrogen-bond donors (Lipinski definition) is 1. The lowest BCUT2D eigenvalue weighted by atomic mass is 10.2. The number of benzene rings is 1. The Kier molecular flexibility index (Phi) is 4.79. The Hall–Kier alpha value is -2.38. The van der Waals surface area contributed by atoms with E-state index >= 15 is 0 Å². The lowest BCUT2D eigenvalue weighted by Crippen LogP contribution is -2.33. The fourth-order valence-corrected chi connectivity index (χ4v) is 1.68. The Balaban J connectivity index is 1.87. The molecular weight excluding hydrogens is 304 g/mol. The van der Waals surface area contributed by atoms with Crippen LogP contribution in [0.25, 0.3) is 11.3 Å². The second-order valence-electron chi connectivity index (χ2n) is 4.52. The van der Waals surface area contributed by atoms with Crippen LogP contribution in [0.2, 0.25) is 0 Å². The van der Waals surface area contributed by atoms with Gasteiger partial charge >= 0.3 is 6.18 Å². The van der Waals surface area contributed by atoms with Crippen LogP contribution in [-0.2, 0) is 11.2 Å². The Bertz CT molecular complexity index is 635. The molecule has 1 heterocycles. The van der Waals surface area contributed by atoms with E-state index in [9.17, 15) is 22.4 Å². The molecule has 1 aromatic heterocycles. The molecule has 0 aliphatic carbocycles. The molecule has 0 aliphatic rings. The summed E-state index contributed by atoms with van der Waals surface area (Å²) in [5, 5.41) is 1.76. The number of carbonyl (C=O) groups excluding carboxylic acids is 1. The molecule has 0 bridgehead atoms. The standard InChI is InChI=1S/C14H12F4N2O2/c15-10-3-1-9(2-4-10)11-7-19-13(22-11)6-5-12(21)20-8-14(16,17)18/h1-4,7H,5-6,8H2,(H,20,21). The Labute approximate surface area is 123 Å². The highest BCUT2D eigenvalue weighted by Crippen LogP contribution is 2.21. The minimum absolute atomic E-state index is 0.0743. The summed E-state index contributed by atoms with van der Waals surface area (Å²) in [6, 6.07) is 5.55. The van der Waals surface area contributed by atoms with Crippen LogP contribution in [0.15, 0.2) is 34.9 Å². The molecule has 0 radical (unpaired) electrons. The number of halogens is 4. The third kappa shape index (κ3) is 4.87. The maximum atomic E-state index is 12.8. The fraction of sp³-hybridized carbons (Fsp3) is 0.286. The molecule has 1 amide bonds. The maximum Gasteiger partial charge on any atom is 0.405 e. The second-order valence-corrected chi connectivity index (χ2v) is 4.52. The Morgan fingerprint density at radius 1 is 1.23 bits per heavy atom. The van der Waals surface area contributed by atoms with Crippen LogP contribution < -0.4 is 5.32 Å². The Morgan fingerprint density at radius 3 is 2.55 bits per heavy atom. The van der Waals surface area contributed by atoms with E-state index in [2.05, 4.69) is 4.98 Å². The molecule has 0 spiro atoms. The zero-order valence-electron chi connectivity index (χ0n) is 11.3. The fourth-order valence-electron chi connectivity index (χ4n) is 1.68. The largest absolute Gasteiger partial charge is 0.441 e. The second kappa shape index (κ2) is 6.59. The number of alkyl halides is 3. The number of carbonyl (C=O) groups is 1. The van der Waals surface area contributed by atoms with Crippen molar-refractivity contribution in [2.75, 3.05) is 6.54 Å². The first-order valence-corrected chi connectivity index (χ1v) is 6.37. The molecule has 22 heavy (non-hydrogen) atoms. The number of nitrogens with one attached hydrogen (secondary N) is 1. The molecular formula is C14H12F4N2O2. The molecule has 0 aliphatic heterocycles. The number of aryl methyl sites for hydroxylation is 1. The highest BCUT2D eigenvalue weighted by molar-refractivity contribution is 5.76. The summed E-state index contributed by atoms with van der Waals surface area (Å²) in [5.74, 6) is -0.504. The van der Waals surface area contributed by atoms with Crippen molar-refractivity contribution in [2.24, 2.45) is 0 Å². The third-order valence-electron chi connectivity index (χ3n) is 2.73. The first kappa shape index (κ1) is 16.0. The van der Waals surface area contributed by atoms with Crippen molar-refractivity contribution >= 4 is 5.91 Å². The smallest absolute Gasteiger partial charge is 0.405 e. The SMILES string of the molecule is O=C(CCc1ncc(-c2ccc(F)cc2)o1)NCC(F)(F)F. The number of amides is 1. The highest BCUT2D eigenvalue weighted by Gasteiger charge is 2.27. The van der Waals surface area contributed by atoms with Gasteiger partial charge in [0.1, 0.15) is 12.4 Å². The maximum absolute atomic E-state index is 12.8. The molecule has 2 aromatic rings. The van der Waals surface area contributed by atoms with Gasteiger partial charge in [0.05, 0.1) is 6.20 Å². The van der Waals surface area contributed by atoms with Crippen molar-refractivity contribution < 1.29 is 26.8 Å². The number of aromatic nitrogens is 1. The van der Waals surface area contributed by atoms with Gasteiger partial charge in [-0.3, -0.25) is 4.79 Å². The van der Waals surface area contributed by atoms with E-state index in [1.165, 1.54) is 30.5 Å². The summed E-state index contributed by atoms with van der Waals surface area (Å²) < 4.78 is 54.0. The first-order valence-electron chi connectivity index (χ1n) is 6.37. The van der Waals surface area contributed by atoms with Crippen LogP contribution >= 0.6 is 0 Å². The van der Waals surface area contributed by atoms with Gasteiger partial charge in [0.2, 0.25) is 5.91 Å². The van der Waals surface area contributed by atoms with E-state index in [0.29, 0.717) is 11.3 Å². The lowest BCUT2D eigenvalue weighted by molar-refractivity contribution is -0.138. The average Bonchev–Trinajstić information content (AvgIpc) is 2.92. The van der Waals surface area contributed by atoms with Crippen molar-refractivity contribution in [2.45, 2.75) is 19.0 Å². The molecule has 0 unspecified atom stereocenters. The molecule has 1 aromatic carbocycles. The number of rotatable bonds is 5. The monoisotopic (exact) mass is 316 g/mol. The van der Waals surface area contributed by atoms with Crippen LogP contribution in [0, 0.1) is 5.82 Å². The van der Waals surface area contributed by atoms with E-state index in [4.69, 9.17) is 4.42 Å². The number of nitrogens with zero attached hydrogens (tertiary/aromatic N) is 1. The third-order valence-corrected chi connectivity index (χ3v) is 2.73. The van der Waals surface area contributed by atoms with E-state index < -0.39 is 18.6 Å². The van der Waals surface area contributed by atoms with Crippen molar-refractivity contribution in [1.82, 2.24) is 10.3 Å². The van der Waals surface area contributed by atoms with Crippen molar-refractivity contribution in [3.8, 4) is 11.3 Å². The van der Waals surface area contributed by atoms with Gasteiger partial charge in [-0.2, -0.15) is 13.2 Å². The van der Waals surface area contributed by atoms with Crippen molar-refractivity contribution in [3.63, 3.8) is 0 Å². The molecule has 2 rings (SSSR count). The van der Waals surface area contributed by atoms with Crippen LogP contribution in [0.5, 0.6) is 0 Å². The van der Waals surface area contributed by atoms with E-state index in [1.54, 1.807) is 5.32 Å². The summed E-state index contributed by atoms with van der Waals surface area (Å²) in [6.45, 7) is -1.36. The van der Waals surface area contributed by atoms with Gasteiger partial charge in [-0.25, -0.2) is 9.37 Å². The Morgan fingerprint density at radius 2 is 1.91 bits per heavy atom. The van der Waals surface area contributed by atoms with Gasteiger partial charge in [-0.1, -0.05) is 0 Å². The van der Waals surface area contributed by atoms with E-state index in [1.807, 2.05) is 0 Å². The molecule has 4 nitrogen and oxygen atoms in total. The highest BCUT2D eigenvalue weighted by atomic mass is 19.4. The van der Waals surface area contributed by atoms with Gasteiger partial charge in [0.25, 0.3) is 0 Å². The zero-order chi connectivity index (χ0) is 16.2. The lowest BCUT2D eigenvalue weighted by Gasteiger charge is -2.07. The summed E-state index contributed by atoms with van der Waals surface area (Å²) in [4.78, 5) is 15.2. The van der Waals surface area contributed by atoms with E-state index in [-0.39, 0.29) is 24.5 Å². The van der Waals surface area contributed by atoms with Crippen LogP contribution in [-0.4, -0.2) is 23.6 Å². The minimum atomic E-state index is -4.44. The van der Waals surface area contributed by atoms with Gasteiger partial charge in [-0.15, -0.1) is 0 Å². The summed E-state index contributed by atoms with van der Waals surface area (Å²) in [6.07, 6.45) is -3.12. The molecule has 1 N–H and O–H groups in total. The number of hydrogen-bond acceptors (Lipinski definition) is 3. The predicted octanol–water partition coefficient (Wildman–Crippen LogP) is 3.09. The molecule has 8 heteroatoms. The van der Waals surface area contributed by atoms with Crippen LogP contribution in [0.3, 0.4) is 0 Å². The molecule has 0 atom stereocenters. The average molecular weight is 316 g/mol. The quantitative estimate of drug-likeness (QED) is 0.863.